The Hall–Kier alpha value is -2.11. The van der Waals surface area contributed by atoms with Crippen LogP contribution in [0.4, 0.5) is 0 Å². The number of hydrogen-bond acceptors (Lipinski definition) is 8. The summed E-state index contributed by atoms with van der Waals surface area (Å²) in [6, 6.07) is -0.845. The zero-order chi connectivity index (χ0) is 50.1. The van der Waals surface area contributed by atoms with Crippen LogP contribution in [0, 0.1) is 0 Å². The summed E-state index contributed by atoms with van der Waals surface area (Å²) in [6.45, 7) is 3.63. The molecule has 0 aromatic heterocycles. The summed E-state index contributed by atoms with van der Waals surface area (Å²) in [5, 5.41) is 54.3. The monoisotopic (exact) mass is 972 g/mol. The first-order valence-corrected chi connectivity index (χ1v) is 29.0. The average Bonchev–Trinajstić information content (AvgIpc) is 3.35. The maximum atomic E-state index is 12.9. The molecule has 1 heterocycles. The summed E-state index contributed by atoms with van der Waals surface area (Å²) in [5.41, 5.74) is 0. The van der Waals surface area contributed by atoms with Crippen molar-refractivity contribution in [3.8, 4) is 0 Å². The van der Waals surface area contributed by atoms with Crippen molar-refractivity contribution in [2.24, 2.45) is 0 Å². The highest BCUT2D eigenvalue weighted by atomic mass is 16.7. The van der Waals surface area contributed by atoms with Crippen molar-refractivity contribution in [3.05, 3.63) is 60.8 Å². The van der Waals surface area contributed by atoms with Crippen LogP contribution >= 0.6 is 0 Å². The van der Waals surface area contributed by atoms with Gasteiger partial charge in [-0.3, -0.25) is 4.79 Å². The molecule has 0 saturated carbocycles. The Morgan fingerprint density at radius 2 is 0.899 bits per heavy atom. The molecule has 0 radical (unpaired) electrons. The van der Waals surface area contributed by atoms with Gasteiger partial charge in [0.2, 0.25) is 5.91 Å². The maximum Gasteiger partial charge on any atom is 0.220 e. The number of aliphatic hydroxyl groups is 5. The Morgan fingerprint density at radius 1 is 0.507 bits per heavy atom. The van der Waals surface area contributed by atoms with Crippen molar-refractivity contribution < 1.29 is 39.8 Å². The lowest BCUT2D eigenvalue weighted by Crippen LogP contribution is -2.60. The lowest BCUT2D eigenvalue weighted by Gasteiger charge is -2.40. The Labute approximate surface area is 424 Å². The van der Waals surface area contributed by atoms with E-state index in [1.54, 1.807) is 6.08 Å². The minimum Gasteiger partial charge on any atom is -0.394 e. The summed E-state index contributed by atoms with van der Waals surface area (Å²) < 4.78 is 11.2. The van der Waals surface area contributed by atoms with Gasteiger partial charge in [0, 0.05) is 6.42 Å². The molecular weight excluding hydrogens is 863 g/mol. The van der Waals surface area contributed by atoms with E-state index in [0.717, 1.165) is 44.9 Å². The molecule has 0 aromatic carbocycles. The van der Waals surface area contributed by atoms with Crippen molar-refractivity contribution >= 4 is 5.91 Å². The molecule has 6 N–H and O–H groups in total. The molecule has 7 atom stereocenters. The van der Waals surface area contributed by atoms with Crippen molar-refractivity contribution in [1.82, 2.24) is 5.32 Å². The SMILES string of the molecule is CC/C=C\C/C=C\C/C=C\C/C=C\CCC(=O)NC(COC1OC(CO)C(O)C(O)C1O)C(O)/C=C/CCCCCCCCCCCCCCCCCCCCCCCCCCCCCCCCC. The maximum absolute atomic E-state index is 12.9. The smallest absolute Gasteiger partial charge is 0.220 e. The van der Waals surface area contributed by atoms with Gasteiger partial charge in [0.15, 0.2) is 6.29 Å². The minimum atomic E-state index is -1.58. The minimum absolute atomic E-state index is 0.219. The number of carbonyl (C=O) groups is 1. The lowest BCUT2D eigenvalue weighted by molar-refractivity contribution is -0.302. The molecule has 1 fully saturated rings. The molecule has 0 aromatic rings. The number of hydrogen-bond donors (Lipinski definition) is 6. The van der Waals surface area contributed by atoms with E-state index in [9.17, 15) is 30.3 Å². The van der Waals surface area contributed by atoms with Gasteiger partial charge in [-0.05, 0) is 44.9 Å². The number of carbonyl (C=O) groups excluding carboxylic acids is 1. The van der Waals surface area contributed by atoms with Crippen molar-refractivity contribution in [2.45, 2.75) is 301 Å². The van der Waals surface area contributed by atoms with Gasteiger partial charge in [0.1, 0.15) is 24.4 Å². The molecule has 1 rings (SSSR count). The van der Waals surface area contributed by atoms with Gasteiger partial charge >= 0.3 is 0 Å². The zero-order valence-corrected chi connectivity index (χ0v) is 44.6. The second-order valence-electron chi connectivity index (χ2n) is 20.1. The highest BCUT2D eigenvalue weighted by Crippen LogP contribution is 2.23. The second kappa shape index (κ2) is 49.5. The number of rotatable bonds is 49. The summed E-state index contributed by atoms with van der Waals surface area (Å²) in [4.78, 5) is 12.9. The van der Waals surface area contributed by atoms with E-state index in [-0.39, 0.29) is 18.9 Å². The fourth-order valence-corrected chi connectivity index (χ4v) is 9.05. The van der Waals surface area contributed by atoms with Gasteiger partial charge in [-0.1, -0.05) is 267 Å². The molecule has 0 spiro atoms. The highest BCUT2D eigenvalue weighted by Gasteiger charge is 2.44. The number of nitrogens with one attached hydrogen (secondary N) is 1. The normalized spacial score (nSPS) is 19.9. The molecular formula is C60H109NO8. The van der Waals surface area contributed by atoms with E-state index in [1.165, 1.54) is 186 Å². The van der Waals surface area contributed by atoms with Gasteiger partial charge in [0.25, 0.3) is 0 Å². The second-order valence-corrected chi connectivity index (χ2v) is 20.1. The Morgan fingerprint density at radius 3 is 1.30 bits per heavy atom. The zero-order valence-electron chi connectivity index (χ0n) is 44.6. The molecule has 402 valence electrons. The standard InChI is InChI=1S/C60H109NO8/c1-3-5-7-9-11-13-15-17-18-19-20-21-22-23-24-25-26-27-28-29-30-31-32-33-34-35-36-38-39-41-43-45-47-49-54(63)53(52-68-60-59(67)58(66)57(65)55(51-62)69-60)61-56(64)50-48-46-44-42-40-37-16-14-12-10-8-6-4-2/h6,8,12,14,37,40,44,46-47,49,53-55,57-60,62-63,65-67H,3-5,7,9-11,13,15-36,38-39,41-43,45,48,50-52H2,1-2H3,(H,61,64)/b8-6-,14-12-,40-37-,46-44-,49-47+. The average molecular weight is 973 g/mol. The third-order valence-electron chi connectivity index (χ3n) is 13.6. The molecule has 9 heteroatoms. The lowest BCUT2D eigenvalue weighted by atomic mass is 9.99. The Bertz CT molecular complexity index is 1270. The predicted octanol–water partition coefficient (Wildman–Crippen LogP) is 14.3. The topological polar surface area (TPSA) is 149 Å². The van der Waals surface area contributed by atoms with Crippen molar-refractivity contribution in [2.75, 3.05) is 13.2 Å². The van der Waals surface area contributed by atoms with Crippen LogP contribution in [0.15, 0.2) is 60.8 Å². The van der Waals surface area contributed by atoms with Crippen LogP contribution in [0.25, 0.3) is 0 Å². The number of aliphatic hydroxyl groups excluding tert-OH is 5. The molecule has 0 bridgehead atoms. The van der Waals surface area contributed by atoms with Gasteiger partial charge < -0.3 is 40.3 Å². The van der Waals surface area contributed by atoms with Gasteiger partial charge in [0.05, 0.1) is 25.4 Å². The van der Waals surface area contributed by atoms with Crippen LogP contribution in [-0.4, -0.2) is 87.5 Å². The van der Waals surface area contributed by atoms with Crippen LogP contribution in [0.1, 0.15) is 258 Å². The summed E-state index contributed by atoms with van der Waals surface area (Å²) in [7, 11) is 0. The quantitative estimate of drug-likeness (QED) is 0.0261. The van der Waals surface area contributed by atoms with Crippen LogP contribution in [0.2, 0.25) is 0 Å². The van der Waals surface area contributed by atoms with Crippen LogP contribution in [0.5, 0.6) is 0 Å². The van der Waals surface area contributed by atoms with Gasteiger partial charge in [-0.25, -0.2) is 0 Å². The summed E-state index contributed by atoms with van der Waals surface area (Å²) >= 11 is 0. The third-order valence-corrected chi connectivity index (χ3v) is 13.6. The number of allylic oxidation sites excluding steroid dienone is 9. The van der Waals surface area contributed by atoms with Crippen molar-refractivity contribution in [1.29, 1.82) is 0 Å². The first kappa shape index (κ1) is 64.9. The first-order chi connectivity index (χ1) is 33.8. The van der Waals surface area contributed by atoms with E-state index < -0.39 is 49.5 Å². The number of ether oxygens (including phenoxy) is 2. The number of amides is 1. The molecule has 69 heavy (non-hydrogen) atoms. The fourth-order valence-electron chi connectivity index (χ4n) is 9.05. The van der Waals surface area contributed by atoms with Crippen LogP contribution in [-0.2, 0) is 14.3 Å². The summed E-state index contributed by atoms with van der Waals surface area (Å²) in [6.07, 6.45) is 60.5. The van der Waals surface area contributed by atoms with E-state index in [4.69, 9.17) is 9.47 Å². The van der Waals surface area contributed by atoms with Gasteiger partial charge in [-0.2, -0.15) is 0 Å². The summed E-state index contributed by atoms with van der Waals surface area (Å²) in [5.74, 6) is -0.256. The number of unbranched alkanes of at least 4 members (excludes halogenated alkanes) is 31. The highest BCUT2D eigenvalue weighted by molar-refractivity contribution is 5.76. The Kier molecular flexibility index (Phi) is 46.5. The predicted molar refractivity (Wildman–Crippen MR) is 290 cm³/mol. The van der Waals surface area contributed by atoms with E-state index in [1.807, 2.05) is 18.2 Å². The molecule has 9 nitrogen and oxygen atoms in total. The molecule has 1 saturated heterocycles. The van der Waals surface area contributed by atoms with E-state index in [2.05, 4.69) is 55.6 Å². The van der Waals surface area contributed by atoms with Crippen LogP contribution < -0.4 is 5.32 Å². The largest absolute Gasteiger partial charge is 0.394 e. The van der Waals surface area contributed by atoms with E-state index >= 15 is 0 Å². The molecule has 1 amide bonds. The third kappa shape index (κ3) is 39.1. The molecule has 1 aliphatic rings. The molecule has 1 aliphatic heterocycles. The van der Waals surface area contributed by atoms with E-state index in [0.29, 0.717) is 6.42 Å². The van der Waals surface area contributed by atoms with Crippen molar-refractivity contribution in [3.63, 3.8) is 0 Å². The first-order valence-electron chi connectivity index (χ1n) is 29.0. The fraction of sp³-hybridized carbons (Fsp3) is 0.817. The molecule has 7 unspecified atom stereocenters. The van der Waals surface area contributed by atoms with Crippen LogP contribution in [0.3, 0.4) is 0 Å². The molecule has 0 aliphatic carbocycles. The Balaban J connectivity index is 2.15. The van der Waals surface area contributed by atoms with Gasteiger partial charge in [-0.15, -0.1) is 0 Å².